The van der Waals surface area contributed by atoms with Gasteiger partial charge in [-0.1, -0.05) is 12.1 Å². The molecule has 136 valence electrons. The fourth-order valence-corrected chi connectivity index (χ4v) is 2.23. The van der Waals surface area contributed by atoms with E-state index >= 15 is 0 Å². The smallest absolute Gasteiger partial charge is 0.342 e. The van der Waals surface area contributed by atoms with Gasteiger partial charge < -0.3 is 14.8 Å². The molecule has 0 saturated carbocycles. The summed E-state index contributed by atoms with van der Waals surface area (Å²) >= 11 is 0. The lowest BCUT2D eigenvalue weighted by molar-refractivity contribution is -0.384. The van der Waals surface area contributed by atoms with E-state index in [2.05, 4.69) is 5.32 Å². The molecule has 0 fully saturated rings. The average molecular weight is 358 g/mol. The number of hydrogen-bond donors (Lipinski definition) is 1. The standard InChI is InChI=1S/C18H18N2O6/c1-11-4-5-12(2)15(8-11)19-17(21)10-26-18(22)14-9-13(20(23)24)6-7-16(14)25-3/h4-9H,10H2,1-3H3,(H,19,21). The number of nitrogens with zero attached hydrogens (tertiary/aromatic N) is 1. The maximum atomic E-state index is 12.2. The predicted molar refractivity (Wildman–Crippen MR) is 94.5 cm³/mol. The number of nitrogens with one attached hydrogen (secondary N) is 1. The van der Waals surface area contributed by atoms with E-state index < -0.39 is 23.4 Å². The Hall–Kier alpha value is -3.42. The van der Waals surface area contributed by atoms with Crippen LogP contribution in [0, 0.1) is 24.0 Å². The van der Waals surface area contributed by atoms with Crippen molar-refractivity contribution in [3.8, 4) is 5.75 Å². The van der Waals surface area contributed by atoms with Crippen LogP contribution in [-0.2, 0) is 9.53 Å². The number of carbonyl (C=O) groups excluding carboxylic acids is 2. The zero-order valence-electron chi connectivity index (χ0n) is 14.6. The lowest BCUT2D eigenvalue weighted by Crippen LogP contribution is -2.21. The van der Waals surface area contributed by atoms with Crippen LogP contribution in [0.25, 0.3) is 0 Å². The van der Waals surface area contributed by atoms with Crippen molar-refractivity contribution < 1.29 is 24.0 Å². The average Bonchev–Trinajstić information content (AvgIpc) is 2.62. The van der Waals surface area contributed by atoms with Crippen LogP contribution >= 0.6 is 0 Å². The molecule has 0 aromatic heterocycles. The van der Waals surface area contributed by atoms with E-state index in [1.807, 2.05) is 26.0 Å². The van der Waals surface area contributed by atoms with Gasteiger partial charge in [-0.3, -0.25) is 14.9 Å². The molecule has 1 amide bonds. The molecule has 2 rings (SSSR count). The number of hydrogen-bond acceptors (Lipinski definition) is 6. The molecule has 26 heavy (non-hydrogen) atoms. The van der Waals surface area contributed by atoms with Gasteiger partial charge in [0.15, 0.2) is 6.61 Å². The molecule has 0 saturated heterocycles. The van der Waals surface area contributed by atoms with Crippen LogP contribution in [0.3, 0.4) is 0 Å². The molecule has 0 aliphatic rings. The number of nitro groups is 1. The van der Waals surface area contributed by atoms with E-state index in [-0.39, 0.29) is 17.0 Å². The molecule has 0 spiro atoms. The minimum Gasteiger partial charge on any atom is -0.496 e. The van der Waals surface area contributed by atoms with Crippen molar-refractivity contribution in [3.05, 3.63) is 63.2 Å². The number of benzene rings is 2. The maximum absolute atomic E-state index is 12.2. The first kappa shape index (κ1) is 18.9. The van der Waals surface area contributed by atoms with E-state index in [0.29, 0.717) is 5.69 Å². The van der Waals surface area contributed by atoms with Gasteiger partial charge in [-0.05, 0) is 37.1 Å². The van der Waals surface area contributed by atoms with Crippen LogP contribution in [0.1, 0.15) is 21.5 Å². The Kier molecular flexibility index (Phi) is 5.90. The van der Waals surface area contributed by atoms with Gasteiger partial charge in [0.05, 0.1) is 12.0 Å². The van der Waals surface area contributed by atoms with Gasteiger partial charge in [0.25, 0.3) is 11.6 Å². The zero-order valence-corrected chi connectivity index (χ0v) is 14.6. The van der Waals surface area contributed by atoms with Crippen LogP contribution in [0.15, 0.2) is 36.4 Å². The van der Waals surface area contributed by atoms with Crippen LogP contribution in [0.5, 0.6) is 5.75 Å². The molecule has 1 N–H and O–H groups in total. The third-order valence-electron chi connectivity index (χ3n) is 3.62. The summed E-state index contributed by atoms with van der Waals surface area (Å²) in [6.07, 6.45) is 0. The molecule has 8 nitrogen and oxygen atoms in total. The molecule has 0 radical (unpaired) electrons. The first-order valence-electron chi connectivity index (χ1n) is 7.68. The van der Waals surface area contributed by atoms with E-state index in [1.54, 1.807) is 6.07 Å². The number of nitro benzene ring substituents is 1. The summed E-state index contributed by atoms with van der Waals surface area (Å²) in [5, 5.41) is 13.5. The normalized spacial score (nSPS) is 10.1. The second-order valence-electron chi connectivity index (χ2n) is 5.58. The largest absolute Gasteiger partial charge is 0.496 e. The van der Waals surface area contributed by atoms with Gasteiger partial charge >= 0.3 is 5.97 Å². The summed E-state index contributed by atoms with van der Waals surface area (Å²) in [5.74, 6) is -1.28. The van der Waals surface area contributed by atoms with Gasteiger partial charge in [0, 0.05) is 17.8 Å². The number of methoxy groups -OCH3 is 1. The lowest BCUT2D eigenvalue weighted by atomic mass is 10.1. The number of rotatable bonds is 6. The van der Waals surface area contributed by atoms with Crippen molar-refractivity contribution in [1.82, 2.24) is 0 Å². The number of esters is 1. The first-order chi connectivity index (χ1) is 12.3. The molecule has 2 aromatic carbocycles. The van der Waals surface area contributed by atoms with Crippen LogP contribution in [0.2, 0.25) is 0 Å². The Morgan fingerprint density at radius 1 is 1.15 bits per heavy atom. The predicted octanol–water partition coefficient (Wildman–Crippen LogP) is 3.02. The molecule has 0 heterocycles. The molecule has 0 atom stereocenters. The highest BCUT2D eigenvalue weighted by Crippen LogP contribution is 2.24. The van der Waals surface area contributed by atoms with Crippen molar-refractivity contribution in [2.75, 3.05) is 19.0 Å². The SMILES string of the molecule is COc1ccc([N+](=O)[O-])cc1C(=O)OCC(=O)Nc1cc(C)ccc1C. The molecular formula is C18H18N2O6. The Morgan fingerprint density at radius 3 is 2.54 bits per heavy atom. The van der Waals surface area contributed by atoms with Crippen LogP contribution in [0.4, 0.5) is 11.4 Å². The van der Waals surface area contributed by atoms with Crippen molar-refractivity contribution >= 4 is 23.3 Å². The highest BCUT2D eigenvalue weighted by molar-refractivity contribution is 5.97. The monoisotopic (exact) mass is 358 g/mol. The minimum absolute atomic E-state index is 0.121. The highest BCUT2D eigenvalue weighted by atomic mass is 16.6. The van der Waals surface area contributed by atoms with Gasteiger partial charge in [-0.15, -0.1) is 0 Å². The Labute approximate surface area is 149 Å². The Bertz CT molecular complexity index is 863. The van der Waals surface area contributed by atoms with Gasteiger partial charge in [-0.25, -0.2) is 4.79 Å². The molecular weight excluding hydrogens is 340 g/mol. The van der Waals surface area contributed by atoms with E-state index in [4.69, 9.17) is 9.47 Å². The molecule has 0 unspecified atom stereocenters. The summed E-state index contributed by atoms with van der Waals surface area (Å²) in [7, 11) is 1.32. The van der Waals surface area contributed by atoms with Gasteiger partial charge in [-0.2, -0.15) is 0 Å². The van der Waals surface area contributed by atoms with Crippen molar-refractivity contribution in [3.63, 3.8) is 0 Å². The lowest BCUT2D eigenvalue weighted by Gasteiger charge is -2.11. The van der Waals surface area contributed by atoms with Gasteiger partial charge in [0.2, 0.25) is 0 Å². The van der Waals surface area contributed by atoms with E-state index in [9.17, 15) is 19.7 Å². The molecule has 0 aliphatic carbocycles. The third kappa shape index (κ3) is 4.56. The van der Waals surface area contributed by atoms with Crippen molar-refractivity contribution in [1.29, 1.82) is 0 Å². The maximum Gasteiger partial charge on any atom is 0.342 e. The third-order valence-corrected chi connectivity index (χ3v) is 3.62. The Balaban J connectivity index is 2.06. The number of anilines is 1. The van der Waals surface area contributed by atoms with Gasteiger partial charge in [0.1, 0.15) is 11.3 Å². The second-order valence-corrected chi connectivity index (χ2v) is 5.58. The fourth-order valence-electron chi connectivity index (χ4n) is 2.23. The number of aryl methyl sites for hydroxylation is 2. The first-order valence-corrected chi connectivity index (χ1v) is 7.68. The van der Waals surface area contributed by atoms with Crippen LogP contribution < -0.4 is 10.1 Å². The quantitative estimate of drug-likeness (QED) is 0.483. The van der Waals surface area contributed by atoms with E-state index in [1.165, 1.54) is 19.2 Å². The number of amides is 1. The Morgan fingerprint density at radius 2 is 1.88 bits per heavy atom. The molecule has 0 aliphatic heterocycles. The summed E-state index contributed by atoms with van der Waals surface area (Å²) in [6, 6.07) is 9.14. The van der Waals surface area contributed by atoms with E-state index in [0.717, 1.165) is 17.2 Å². The fraction of sp³-hybridized carbons (Fsp3) is 0.222. The summed E-state index contributed by atoms with van der Waals surface area (Å²) in [5.41, 5.74) is 2.07. The zero-order chi connectivity index (χ0) is 19.3. The number of non-ortho nitro benzene ring substituents is 1. The second kappa shape index (κ2) is 8.11. The molecule has 0 bridgehead atoms. The molecule has 2 aromatic rings. The van der Waals surface area contributed by atoms with Crippen LogP contribution in [-0.4, -0.2) is 30.5 Å². The minimum atomic E-state index is -0.887. The number of ether oxygens (including phenoxy) is 2. The van der Waals surface area contributed by atoms with Crippen molar-refractivity contribution in [2.45, 2.75) is 13.8 Å². The summed E-state index contributed by atoms with van der Waals surface area (Å²) in [6.45, 7) is 3.21. The highest BCUT2D eigenvalue weighted by Gasteiger charge is 2.19. The van der Waals surface area contributed by atoms with Crippen molar-refractivity contribution in [2.24, 2.45) is 0 Å². The molecule has 8 heteroatoms. The number of carbonyl (C=O) groups is 2. The summed E-state index contributed by atoms with van der Waals surface area (Å²) < 4.78 is 9.96. The topological polar surface area (TPSA) is 108 Å². The summed E-state index contributed by atoms with van der Waals surface area (Å²) in [4.78, 5) is 34.4.